The van der Waals surface area contributed by atoms with Crippen molar-refractivity contribution in [1.82, 2.24) is 9.55 Å². The number of aryl methyl sites for hydroxylation is 1. The van der Waals surface area contributed by atoms with Crippen molar-refractivity contribution in [3.8, 4) is 0 Å². The van der Waals surface area contributed by atoms with Gasteiger partial charge in [-0.2, -0.15) is 0 Å². The van der Waals surface area contributed by atoms with E-state index in [2.05, 4.69) is 9.55 Å². The highest BCUT2D eigenvalue weighted by Gasteiger charge is 2.34. The number of hydrogen-bond acceptors (Lipinski definition) is 4. The number of rotatable bonds is 1. The molecule has 0 spiro atoms. The van der Waals surface area contributed by atoms with Gasteiger partial charge in [0.25, 0.3) is 0 Å². The summed E-state index contributed by atoms with van der Waals surface area (Å²) in [6.45, 7) is 0. The summed E-state index contributed by atoms with van der Waals surface area (Å²) in [7, 11) is -2.86. The van der Waals surface area contributed by atoms with Gasteiger partial charge >= 0.3 is 0 Å². The molecule has 2 unspecified atom stereocenters. The summed E-state index contributed by atoms with van der Waals surface area (Å²) in [5, 5.41) is 0. The second-order valence-electron chi connectivity index (χ2n) is 5.04. The third-order valence-corrected chi connectivity index (χ3v) is 5.53. The van der Waals surface area contributed by atoms with Crippen LogP contribution < -0.4 is 5.73 Å². The molecule has 2 atom stereocenters. The minimum atomic E-state index is -2.86. The van der Waals surface area contributed by atoms with Gasteiger partial charge in [0.1, 0.15) is 5.82 Å². The molecular weight excluding hydrogens is 238 g/mol. The van der Waals surface area contributed by atoms with Crippen molar-refractivity contribution < 1.29 is 8.42 Å². The van der Waals surface area contributed by atoms with Crippen LogP contribution in [0.25, 0.3) is 0 Å². The van der Waals surface area contributed by atoms with Crippen molar-refractivity contribution in [2.75, 3.05) is 11.5 Å². The highest BCUT2D eigenvalue weighted by molar-refractivity contribution is 7.91. The first-order valence-corrected chi connectivity index (χ1v) is 7.91. The molecule has 3 rings (SSSR count). The Morgan fingerprint density at radius 1 is 1.41 bits per heavy atom. The van der Waals surface area contributed by atoms with E-state index in [1.165, 1.54) is 0 Å². The zero-order valence-corrected chi connectivity index (χ0v) is 10.5. The second kappa shape index (κ2) is 3.81. The highest BCUT2D eigenvalue weighted by Crippen LogP contribution is 2.32. The quantitative estimate of drug-likeness (QED) is 0.796. The fourth-order valence-corrected chi connectivity index (χ4v) is 4.64. The lowest BCUT2D eigenvalue weighted by Gasteiger charge is -2.25. The van der Waals surface area contributed by atoms with Crippen molar-refractivity contribution in [2.45, 2.75) is 37.8 Å². The third-order valence-electron chi connectivity index (χ3n) is 3.76. The smallest absolute Gasteiger partial charge is 0.151 e. The Balaban J connectivity index is 1.97. The molecule has 17 heavy (non-hydrogen) atoms. The largest absolute Gasteiger partial charge is 0.316 e. The molecule has 94 valence electrons. The standard InChI is InChI=1S/C11H17N3O2S/c12-10-3-1-2-9-6-13-11(14(9)10)8-4-5-17(15,16)7-8/h6,8,10H,1-5,7,12H2. The first-order valence-electron chi connectivity index (χ1n) is 6.09. The summed E-state index contributed by atoms with van der Waals surface area (Å²) in [5.41, 5.74) is 7.26. The Morgan fingerprint density at radius 2 is 2.24 bits per heavy atom. The Kier molecular flexibility index (Phi) is 2.52. The van der Waals surface area contributed by atoms with Crippen LogP contribution in [0.15, 0.2) is 6.20 Å². The van der Waals surface area contributed by atoms with Crippen LogP contribution in [0.4, 0.5) is 0 Å². The van der Waals surface area contributed by atoms with Gasteiger partial charge in [0, 0.05) is 17.8 Å². The molecular formula is C11H17N3O2S. The normalized spacial score (nSPS) is 31.4. The monoisotopic (exact) mass is 255 g/mol. The number of hydrogen-bond donors (Lipinski definition) is 1. The second-order valence-corrected chi connectivity index (χ2v) is 7.27. The molecule has 5 nitrogen and oxygen atoms in total. The summed E-state index contributed by atoms with van der Waals surface area (Å²) in [5.74, 6) is 1.44. The molecule has 3 heterocycles. The van der Waals surface area contributed by atoms with Gasteiger partial charge in [-0.15, -0.1) is 0 Å². The lowest BCUT2D eigenvalue weighted by molar-refractivity contribution is 0.394. The van der Waals surface area contributed by atoms with Crippen molar-refractivity contribution in [1.29, 1.82) is 0 Å². The predicted octanol–water partition coefficient (Wildman–Crippen LogP) is 0.579. The zero-order chi connectivity index (χ0) is 12.0. The Bertz CT molecular complexity index is 535. The number of aromatic nitrogens is 2. The summed E-state index contributed by atoms with van der Waals surface area (Å²) in [6, 6.07) is 0. The molecule has 1 fully saturated rings. The van der Waals surface area contributed by atoms with E-state index in [-0.39, 0.29) is 23.6 Å². The fourth-order valence-electron chi connectivity index (χ4n) is 2.90. The predicted molar refractivity (Wildman–Crippen MR) is 64.4 cm³/mol. The molecule has 0 aromatic carbocycles. The molecule has 1 aromatic heterocycles. The summed E-state index contributed by atoms with van der Waals surface area (Å²) < 4.78 is 25.1. The lowest BCUT2D eigenvalue weighted by atomic mass is 10.1. The van der Waals surface area contributed by atoms with Crippen molar-refractivity contribution in [3.63, 3.8) is 0 Å². The van der Waals surface area contributed by atoms with Gasteiger partial charge in [0.15, 0.2) is 9.84 Å². The van der Waals surface area contributed by atoms with Gasteiger partial charge in [-0.25, -0.2) is 13.4 Å². The Hall–Kier alpha value is -0.880. The van der Waals surface area contributed by atoms with Crippen LogP contribution in [-0.2, 0) is 16.3 Å². The number of fused-ring (bicyclic) bond motifs is 1. The maximum Gasteiger partial charge on any atom is 0.151 e. The van der Waals surface area contributed by atoms with Crippen molar-refractivity contribution in [2.24, 2.45) is 5.73 Å². The number of nitrogens with zero attached hydrogens (tertiary/aromatic N) is 2. The number of sulfone groups is 1. The number of imidazole rings is 1. The topological polar surface area (TPSA) is 78.0 Å². The SMILES string of the molecule is NC1CCCc2cnc(C3CCS(=O)(=O)C3)n21. The molecule has 0 aliphatic carbocycles. The van der Waals surface area contributed by atoms with Crippen LogP contribution in [0.1, 0.15) is 42.9 Å². The van der Waals surface area contributed by atoms with Crippen molar-refractivity contribution >= 4 is 9.84 Å². The first kappa shape index (κ1) is 11.2. The van der Waals surface area contributed by atoms with Gasteiger partial charge in [-0.05, 0) is 25.7 Å². The van der Waals surface area contributed by atoms with E-state index < -0.39 is 9.84 Å². The van der Waals surface area contributed by atoms with E-state index in [1.807, 2.05) is 6.20 Å². The molecule has 0 bridgehead atoms. The molecule has 0 saturated carbocycles. The molecule has 1 saturated heterocycles. The lowest BCUT2D eigenvalue weighted by Crippen LogP contribution is -2.27. The molecule has 0 radical (unpaired) electrons. The average Bonchev–Trinajstić information content (AvgIpc) is 2.82. The van der Waals surface area contributed by atoms with Crippen LogP contribution in [-0.4, -0.2) is 29.5 Å². The van der Waals surface area contributed by atoms with Gasteiger partial charge in [-0.1, -0.05) is 0 Å². The molecule has 2 N–H and O–H groups in total. The van der Waals surface area contributed by atoms with E-state index in [1.54, 1.807) is 0 Å². The Morgan fingerprint density at radius 3 is 2.94 bits per heavy atom. The summed E-state index contributed by atoms with van der Waals surface area (Å²) >= 11 is 0. The van der Waals surface area contributed by atoms with E-state index >= 15 is 0 Å². The fraction of sp³-hybridized carbons (Fsp3) is 0.727. The van der Waals surface area contributed by atoms with Crippen LogP contribution in [0, 0.1) is 0 Å². The molecule has 6 heteroatoms. The minimum absolute atomic E-state index is 0.0282. The average molecular weight is 255 g/mol. The van der Waals surface area contributed by atoms with Crippen LogP contribution in [0.2, 0.25) is 0 Å². The zero-order valence-electron chi connectivity index (χ0n) is 9.67. The van der Waals surface area contributed by atoms with Crippen molar-refractivity contribution in [3.05, 3.63) is 17.7 Å². The van der Waals surface area contributed by atoms with Gasteiger partial charge in [0.05, 0.1) is 17.7 Å². The van der Waals surface area contributed by atoms with E-state index in [9.17, 15) is 8.42 Å². The Labute approximate surface area is 101 Å². The van der Waals surface area contributed by atoms with Gasteiger partial charge in [-0.3, -0.25) is 0 Å². The maximum atomic E-state index is 11.5. The van der Waals surface area contributed by atoms with Crippen LogP contribution in [0.3, 0.4) is 0 Å². The third kappa shape index (κ3) is 1.89. The van der Waals surface area contributed by atoms with Crippen LogP contribution in [0.5, 0.6) is 0 Å². The molecule has 1 aromatic rings. The van der Waals surface area contributed by atoms with Crippen LogP contribution >= 0.6 is 0 Å². The van der Waals surface area contributed by atoms with E-state index in [0.717, 1.165) is 30.8 Å². The number of nitrogens with two attached hydrogens (primary N) is 1. The van der Waals surface area contributed by atoms with E-state index in [4.69, 9.17) is 5.73 Å². The minimum Gasteiger partial charge on any atom is -0.316 e. The first-order chi connectivity index (χ1) is 8.07. The van der Waals surface area contributed by atoms with Gasteiger partial charge in [0.2, 0.25) is 0 Å². The summed E-state index contributed by atoms with van der Waals surface area (Å²) in [4.78, 5) is 4.41. The molecule has 0 amide bonds. The molecule has 2 aliphatic heterocycles. The van der Waals surface area contributed by atoms with E-state index in [0.29, 0.717) is 6.42 Å². The summed E-state index contributed by atoms with van der Waals surface area (Å²) in [6.07, 6.45) is 5.57. The van der Waals surface area contributed by atoms with Gasteiger partial charge < -0.3 is 10.3 Å². The molecule has 2 aliphatic rings. The highest BCUT2D eigenvalue weighted by atomic mass is 32.2. The maximum absolute atomic E-state index is 11.5.